The number of nitrogens with zero attached hydrogens (tertiary/aromatic N) is 1. The molecule has 0 spiro atoms. The predicted molar refractivity (Wildman–Crippen MR) is 43.7 cm³/mol. The lowest BCUT2D eigenvalue weighted by Crippen LogP contribution is -2.12. The minimum Gasteiger partial charge on any atom is -0.336 e. The molecule has 0 aliphatic rings. The Balaban J connectivity index is 2.42. The van der Waals surface area contributed by atoms with Crippen LogP contribution < -0.4 is 5.32 Å². The summed E-state index contributed by atoms with van der Waals surface area (Å²) in [7, 11) is 0. The third-order valence-corrected chi connectivity index (χ3v) is 1.54. The molecule has 10 heavy (non-hydrogen) atoms. The van der Waals surface area contributed by atoms with Crippen LogP contribution in [0.25, 0.3) is 0 Å². The summed E-state index contributed by atoms with van der Waals surface area (Å²) >= 11 is 3.28. The number of aromatic nitrogens is 2. The number of rotatable bonds is 3. The van der Waals surface area contributed by atoms with Crippen molar-refractivity contribution in [1.29, 1.82) is 0 Å². The summed E-state index contributed by atoms with van der Waals surface area (Å²) in [5.74, 6) is 0.966. The van der Waals surface area contributed by atoms with E-state index in [0.29, 0.717) is 0 Å². The predicted octanol–water partition coefficient (Wildman–Crippen LogP) is 1.28. The molecule has 0 aromatic carbocycles. The van der Waals surface area contributed by atoms with Crippen LogP contribution in [0.3, 0.4) is 0 Å². The van der Waals surface area contributed by atoms with Crippen molar-refractivity contribution in [3.8, 4) is 0 Å². The lowest BCUT2D eigenvalue weighted by atomic mass is 10.6. The number of nitrogens with one attached hydrogen (secondary N) is 2. The number of hydrogen-bond acceptors (Lipinski definition) is 2. The Morgan fingerprint density at radius 1 is 1.80 bits per heavy atom. The largest absolute Gasteiger partial charge is 0.336 e. The van der Waals surface area contributed by atoms with Gasteiger partial charge in [0.25, 0.3) is 0 Å². The summed E-state index contributed by atoms with van der Waals surface area (Å²) in [6, 6.07) is 0. The molecule has 0 bridgehead atoms. The van der Waals surface area contributed by atoms with Gasteiger partial charge in [-0.1, -0.05) is 6.92 Å². The van der Waals surface area contributed by atoms with Crippen molar-refractivity contribution in [2.45, 2.75) is 13.5 Å². The summed E-state index contributed by atoms with van der Waals surface area (Å²) in [4.78, 5) is 7.14. The van der Waals surface area contributed by atoms with E-state index in [1.807, 2.05) is 0 Å². The van der Waals surface area contributed by atoms with Gasteiger partial charge in [-0.05, 0) is 22.5 Å². The second-order valence-electron chi connectivity index (χ2n) is 1.96. The minimum atomic E-state index is 0.808. The van der Waals surface area contributed by atoms with E-state index in [1.165, 1.54) is 0 Å². The van der Waals surface area contributed by atoms with Gasteiger partial charge in [0.15, 0.2) is 0 Å². The first-order chi connectivity index (χ1) is 4.83. The van der Waals surface area contributed by atoms with Gasteiger partial charge in [-0.15, -0.1) is 0 Å². The number of H-pyrrole nitrogens is 1. The average molecular weight is 204 g/mol. The highest BCUT2D eigenvalue weighted by Crippen LogP contribution is 2.03. The van der Waals surface area contributed by atoms with Crippen LogP contribution >= 0.6 is 15.9 Å². The molecule has 0 radical (unpaired) electrons. The zero-order valence-electron chi connectivity index (χ0n) is 5.82. The van der Waals surface area contributed by atoms with Crippen molar-refractivity contribution in [3.05, 3.63) is 16.6 Å². The van der Waals surface area contributed by atoms with Crippen molar-refractivity contribution < 1.29 is 0 Å². The first-order valence-corrected chi connectivity index (χ1v) is 4.02. The topological polar surface area (TPSA) is 40.7 Å². The van der Waals surface area contributed by atoms with Crippen LogP contribution in [0.1, 0.15) is 12.7 Å². The van der Waals surface area contributed by atoms with Crippen molar-refractivity contribution in [2.24, 2.45) is 0 Å². The fraction of sp³-hybridized carbons (Fsp3) is 0.500. The smallest absolute Gasteiger partial charge is 0.120 e. The fourth-order valence-electron chi connectivity index (χ4n) is 0.670. The van der Waals surface area contributed by atoms with Gasteiger partial charge in [-0.25, -0.2) is 4.98 Å². The van der Waals surface area contributed by atoms with Gasteiger partial charge in [0, 0.05) is 0 Å². The van der Waals surface area contributed by atoms with E-state index in [4.69, 9.17) is 0 Å². The van der Waals surface area contributed by atoms with E-state index < -0.39 is 0 Å². The summed E-state index contributed by atoms with van der Waals surface area (Å²) in [6.45, 7) is 3.85. The maximum Gasteiger partial charge on any atom is 0.120 e. The molecule has 1 aromatic heterocycles. The van der Waals surface area contributed by atoms with E-state index in [9.17, 15) is 0 Å². The molecule has 0 fully saturated rings. The van der Waals surface area contributed by atoms with Crippen LogP contribution in [-0.4, -0.2) is 16.5 Å². The van der Waals surface area contributed by atoms with E-state index in [2.05, 4.69) is 38.1 Å². The number of halogens is 1. The van der Waals surface area contributed by atoms with E-state index in [1.54, 1.807) is 6.20 Å². The lowest BCUT2D eigenvalue weighted by Gasteiger charge is -1.94. The third kappa shape index (κ3) is 2.11. The normalized spacial score (nSPS) is 10.2. The van der Waals surface area contributed by atoms with E-state index >= 15 is 0 Å². The molecule has 2 N–H and O–H groups in total. The van der Waals surface area contributed by atoms with Crippen LogP contribution in [-0.2, 0) is 6.54 Å². The van der Waals surface area contributed by atoms with Crippen LogP contribution in [0.2, 0.25) is 0 Å². The second-order valence-corrected chi connectivity index (χ2v) is 2.81. The van der Waals surface area contributed by atoms with Crippen LogP contribution in [0.5, 0.6) is 0 Å². The van der Waals surface area contributed by atoms with Gasteiger partial charge in [-0.2, -0.15) is 0 Å². The quantitative estimate of drug-likeness (QED) is 0.778. The monoisotopic (exact) mass is 203 g/mol. The van der Waals surface area contributed by atoms with Gasteiger partial charge in [-0.3, -0.25) is 0 Å². The fourth-order valence-corrected chi connectivity index (χ4v) is 1.00. The maximum atomic E-state index is 4.09. The van der Waals surface area contributed by atoms with Gasteiger partial charge < -0.3 is 10.3 Å². The molecule has 0 saturated carbocycles. The Morgan fingerprint density at radius 3 is 3.10 bits per heavy atom. The van der Waals surface area contributed by atoms with Gasteiger partial charge in [0.1, 0.15) is 10.4 Å². The SMILES string of the molecule is CCNCc1ncc(Br)[nH]1. The highest BCUT2D eigenvalue weighted by Gasteiger charge is 1.94. The van der Waals surface area contributed by atoms with Gasteiger partial charge in [0.2, 0.25) is 0 Å². The molecule has 0 saturated heterocycles. The number of imidazole rings is 1. The summed E-state index contributed by atoms with van der Waals surface area (Å²) in [5, 5.41) is 3.16. The first-order valence-electron chi connectivity index (χ1n) is 3.23. The lowest BCUT2D eigenvalue weighted by molar-refractivity contribution is 0.697. The molecule has 0 aliphatic heterocycles. The summed E-state index contributed by atoms with van der Waals surface area (Å²) in [5.41, 5.74) is 0. The highest BCUT2D eigenvalue weighted by atomic mass is 79.9. The molecule has 1 rings (SSSR count). The Bertz CT molecular complexity index is 197. The summed E-state index contributed by atoms with van der Waals surface area (Å²) < 4.78 is 0.931. The van der Waals surface area contributed by atoms with Gasteiger partial charge >= 0.3 is 0 Å². The molecule has 0 atom stereocenters. The zero-order chi connectivity index (χ0) is 7.40. The first kappa shape index (κ1) is 7.75. The highest BCUT2D eigenvalue weighted by molar-refractivity contribution is 9.10. The van der Waals surface area contributed by atoms with Crippen molar-refractivity contribution >= 4 is 15.9 Å². The Labute approximate surface area is 68.4 Å². The molecule has 0 amide bonds. The Kier molecular flexibility index (Phi) is 2.89. The zero-order valence-corrected chi connectivity index (χ0v) is 7.40. The molecular formula is C6H10BrN3. The molecule has 0 unspecified atom stereocenters. The van der Waals surface area contributed by atoms with Crippen LogP contribution in [0, 0.1) is 0 Å². The van der Waals surface area contributed by atoms with Crippen molar-refractivity contribution in [3.63, 3.8) is 0 Å². The van der Waals surface area contributed by atoms with Crippen molar-refractivity contribution in [2.75, 3.05) is 6.54 Å². The average Bonchev–Trinajstić information content (AvgIpc) is 2.31. The summed E-state index contributed by atoms with van der Waals surface area (Å²) in [6.07, 6.45) is 1.76. The Hall–Kier alpha value is -0.350. The molecular weight excluding hydrogens is 194 g/mol. The molecule has 1 heterocycles. The second kappa shape index (κ2) is 3.73. The molecule has 1 aromatic rings. The maximum absolute atomic E-state index is 4.09. The minimum absolute atomic E-state index is 0.808. The van der Waals surface area contributed by atoms with Crippen molar-refractivity contribution in [1.82, 2.24) is 15.3 Å². The number of aromatic amines is 1. The number of hydrogen-bond donors (Lipinski definition) is 2. The van der Waals surface area contributed by atoms with Gasteiger partial charge in [0.05, 0.1) is 12.7 Å². The van der Waals surface area contributed by atoms with E-state index in [-0.39, 0.29) is 0 Å². The molecule has 4 heteroatoms. The Morgan fingerprint density at radius 2 is 2.60 bits per heavy atom. The third-order valence-electron chi connectivity index (χ3n) is 1.14. The van der Waals surface area contributed by atoms with Crippen LogP contribution in [0.4, 0.5) is 0 Å². The molecule has 56 valence electrons. The van der Waals surface area contributed by atoms with Crippen LogP contribution in [0.15, 0.2) is 10.8 Å². The standard InChI is InChI=1S/C6H10BrN3/c1-2-8-4-6-9-3-5(7)10-6/h3,8H,2,4H2,1H3,(H,9,10). The molecule has 3 nitrogen and oxygen atoms in total. The van der Waals surface area contributed by atoms with E-state index in [0.717, 1.165) is 23.5 Å². The molecule has 0 aliphatic carbocycles.